The van der Waals surface area contributed by atoms with E-state index >= 15 is 0 Å². The minimum Gasteiger partial charge on any atom is -0.497 e. The Bertz CT molecular complexity index is 2730. The largest absolute Gasteiger partial charge is 0.497 e. The molecule has 0 saturated heterocycles. The maximum absolute atomic E-state index is 10.5. The van der Waals surface area contributed by atoms with Crippen molar-refractivity contribution in [3.8, 4) is 40.2 Å². The first-order chi connectivity index (χ1) is 37.7. The van der Waals surface area contributed by atoms with Crippen LogP contribution < -0.4 is 33.2 Å². The van der Waals surface area contributed by atoms with Crippen molar-refractivity contribution in [2.24, 2.45) is 0 Å². The lowest BCUT2D eigenvalue weighted by molar-refractivity contribution is -0.138. The third kappa shape index (κ3) is 30.8. The van der Waals surface area contributed by atoms with E-state index in [0.29, 0.717) is 53.6 Å². The molecule has 0 aliphatic heterocycles. The molecule has 0 spiro atoms. The highest BCUT2D eigenvalue weighted by Gasteiger charge is 2.14. The first-order valence-electron chi connectivity index (χ1n) is 24.4. The van der Waals surface area contributed by atoms with Gasteiger partial charge in [-0.15, -0.1) is 0 Å². The molecular formula is C60H72O19. The molecule has 6 N–H and O–H groups in total. The summed E-state index contributed by atoms with van der Waals surface area (Å²) >= 11 is 0. The minimum absolute atomic E-state index is 0.00398. The number of rotatable bonds is 23. The predicted octanol–water partition coefficient (Wildman–Crippen LogP) is 9.81. The topological polar surface area (TPSA) is 288 Å². The molecule has 0 amide bonds. The maximum atomic E-state index is 10.5. The van der Waals surface area contributed by atoms with Gasteiger partial charge in [0.2, 0.25) is 5.75 Å². The Hall–Kier alpha value is -9.26. The zero-order chi connectivity index (χ0) is 59.1. The number of hydrogen-bond donors (Lipinski definition) is 6. The number of ether oxygens (including phenoxy) is 7. The van der Waals surface area contributed by atoms with Crippen molar-refractivity contribution in [2.75, 3.05) is 49.8 Å². The van der Waals surface area contributed by atoms with Crippen LogP contribution >= 0.6 is 0 Å². The van der Waals surface area contributed by atoms with Gasteiger partial charge in [-0.3, -0.25) is 28.8 Å². The molecule has 0 bridgehead atoms. The van der Waals surface area contributed by atoms with E-state index in [1.54, 1.807) is 75.9 Å². The minimum atomic E-state index is -0.848. The van der Waals surface area contributed by atoms with Crippen molar-refractivity contribution in [1.29, 1.82) is 0 Å². The van der Waals surface area contributed by atoms with E-state index in [9.17, 15) is 28.8 Å². The average Bonchev–Trinajstić information content (AvgIpc) is 3.43. The van der Waals surface area contributed by atoms with Gasteiger partial charge in [0, 0.05) is 24.8 Å². The highest BCUT2D eigenvalue weighted by Crippen LogP contribution is 2.38. The van der Waals surface area contributed by atoms with Gasteiger partial charge in [0.25, 0.3) is 0 Å². The molecule has 19 nitrogen and oxygen atoms in total. The van der Waals surface area contributed by atoms with Gasteiger partial charge in [-0.05, 0) is 115 Å². The van der Waals surface area contributed by atoms with Gasteiger partial charge in [-0.2, -0.15) is 0 Å². The first-order valence-corrected chi connectivity index (χ1v) is 24.4. The molecule has 0 fully saturated rings. The van der Waals surface area contributed by atoms with Crippen LogP contribution in [0.4, 0.5) is 0 Å². The maximum Gasteiger partial charge on any atom is 0.307 e. The summed E-state index contributed by atoms with van der Waals surface area (Å²) < 4.78 is 35.4. The van der Waals surface area contributed by atoms with E-state index < -0.39 is 35.8 Å². The van der Waals surface area contributed by atoms with Crippen LogP contribution in [0.3, 0.4) is 0 Å². The Balaban J connectivity index is 0.000000477. The van der Waals surface area contributed by atoms with Crippen molar-refractivity contribution < 1.29 is 92.6 Å². The van der Waals surface area contributed by atoms with Crippen LogP contribution in [0, 0.1) is 6.92 Å². The molecule has 426 valence electrons. The molecule has 6 aromatic carbocycles. The fourth-order valence-electron chi connectivity index (χ4n) is 6.66. The van der Waals surface area contributed by atoms with Gasteiger partial charge in [-0.1, -0.05) is 84.4 Å². The molecule has 0 unspecified atom stereocenters. The quantitative estimate of drug-likeness (QED) is 0.0348. The molecular weight excluding hydrogens is 1020 g/mol. The Kier molecular flexibility index (Phi) is 33.6. The fraction of sp³-hybridized carbons (Fsp3) is 0.300. The standard InChI is InChI=1S/C12H16O5.C11H14O3.C10H12O3.2C9H10O3.C9H10O2/c1-15-9-6-8(4-5-11(13)14)7-10(16-2)12(9)17-3;1-14-10-7-5-9(6-8-10)3-2-4-11(12)13;1-13-9-5-2-8(3-6-9)4-7-10(11)12;1-12-8-4-2-3-7(5-8)6-9(10)11;1-12-8-5-3-2-4-7(8)6-9(10)11;1-7-2-4-8(5-3-7)6-9(10)11/h6-7H,4-5H2,1-3H3,(H,13,14);5-8H,2-4H2,1H3,(H,12,13);2-3,5-6H,4,7H2,1H3,(H,11,12);2*2-5H,6H2,1H3,(H,10,11);2-5H,6H2,1H3,(H,10,11). The molecule has 0 atom stereocenters. The van der Waals surface area contributed by atoms with Crippen molar-refractivity contribution in [2.45, 2.75) is 71.1 Å². The third-order valence-corrected chi connectivity index (χ3v) is 10.7. The highest BCUT2D eigenvalue weighted by molar-refractivity contribution is 5.72. The Labute approximate surface area is 460 Å². The lowest BCUT2D eigenvalue weighted by Gasteiger charge is -2.13. The second kappa shape index (κ2) is 39.2. The third-order valence-electron chi connectivity index (χ3n) is 10.7. The molecule has 6 aromatic rings. The van der Waals surface area contributed by atoms with Crippen LogP contribution in [0.15, 0.2) is 133 Å². The van der Waals surface area contributed by atoms with E-state index in [0.717, 1.165) is 51.3 Å². The van der Waals surface area contributed by atoms with Gasteiger partial charge in [-0.25, -0.2) is 0 Å². The summed E-state index contributed by atoms with van der Waals surface area (Å²) in [5.41, 5.74) is 6.45. The van der Waals surface area contributed by atoms with Crippen LogP contribution in [-0.2, 0) is 67.3 Å². The highest BCUT2D eigenvalue weighted by atomic mass is 16.5. The number of aliphatic carboxylic acids is 6. The van der Waals surface area contributed by atoms with E-state index in [-0.39, 0.29) is 38.5 Å². The zero-order valence-electron chi connectivity index (χ0n) is 45.8. The second-order valence-corrected chi connectivity index (χ2v) is 16.6. The van der Waals surface area contributed by atoms with Crippen molar-refractivity contribution in [3.63, 3.8) is 0 Å². The Morgan fingerprint density at radius 3 is 1.20 bits per heavy atom. The van der Waals surface area contributed by atoms with Crippen LogP contribution in [-0.4, -0.2) is 116 Å². The zero-order valence-corrected chi connectivity index (χ0v) is 45.8. The number of benzene rings is 6. The molecule has 0 aliphatic carbocycles. The second-order valence-electron chi connectivity index (χ2n) is 16.6. The number of aryl methyl sites for hydroxylation is 4. The lowest BCUT2D eigenvalue weighted by Crippen LogP contribution is -2.01. The number of carbonyl (C=O) groups is 6. The number of para-hydroxylation sites is 1. The summed E-state index contributed by atoms with van der Waals surface area (Å²) in [5.74, 6) is -0.294. The molecule has 0 aliphatic rings. The molecule has 0 radical (unpaired) electrons. The van der Waals surface area contributed by atoms with E-state index in [4.69, 9.17) is 63.8 Å². The molecule has 6 rings (SSSR count). The van der Waals surface area contributed by atoms with Gasteiger partial charge in [0.1, 0.15) is 23.0 Å². The number of carboxylic acids is 6. The normalized spacial score (nSPS) is 9.62. The van der Waals surface area contributed by atoms with Crippen molar-refractivity contribution in [1.82, 2.24) is 0 Å². The Morgan fingerprint density at radius 2 is 0.772 bits per heavy atom. The fourth-order valence-corrected chi connectivity index (χ4v) is 6.66. The molecule has 0 aromatic heterocycles. The van der Waals surface area contributed by atoms with Crippen LogP contribution in [0.25, 0.3) is 0 Å². The summed E-state index contributed by atoms with van der Waals surface area (Å²) in [6.07, 6.45) is 3.10. The smallest absolute Gasteiger partial charge is 0.307 e. The number of hydrogen-bond acceptors (Lipinski definition) is 13. The molecule has 0 saturated carbocycles. The molecule has 19 heteroatoms. The van der Waals surface area contributed by atoms with Crippen LogP contribution in [0.1, 0.15) is 64.6 Å². The summed E-state index contributed by atoms with van der Waals surface area (Å²) in [7, 11) is 10.9. The van der Waals surface area contributed by atoms with Crippen LogP contribution in [0.2, 0.25) is 0 Å². The predicted molar refractivity (Wildman–Crippen MR) is 296 cm³/mol. The van der Waals surface area contributed by atoms with Gasteiger partial charge >= 0.3 is 35.8 Å². The SMILES string of the molecule is COc1cc(CCC(=O)O)cc(OC)c1OC.COc1ccc(CCC(=O)O)cc1.COc1ccc(CCCC(=O)O)cc1.COc1cccc(CC(=O)O)c1.COc1ccccc1CC(=O)O.Cc1ccc(CC(=O)O)cc1. The van der Waals surface area contributed by atoms with Crippen molar-refractivity contribution >= 4 is 35.8 Å². The number of carboxylic acid groups (broad SMARTS) is 6. The summed E-state index contributed by atoms with van der Waals surface area (Å²) in [6.45, 7) is 1.98. The summed E-state index contributed by atoms with van der Waals surface area (Å²) in [5, 5.41) is 51.0. The van der Waals surface area contributed by atoms with Gasteiger partial charge < -0.3 is 63.8 Å². The monoisotopic (exact) mass is 1100 g/mol. The number of methoxy groups -OCH3 is 7. The molecule has 0 heterocycles. The van der Waals surface area contributed by atoms with Gasteiger partial charge in [0.05, 0.1) is 69.0 Å². The summed E-state index contributed by atoms with van der Waals surface area (Å²) in [6, 6.07) is 40.2. The first kappa shape index (κ1) is 67.8. The van der Waals surface area contributed by atoms with Gasteiger partial charge in [0.15, 0.2) is 11.5 Å². The average molecular weight is 1100 g/mol. The lowest BCUT2D eigenvalue weighted by atomic mass is 10.1. The Morgan fingerprint density at radius 1 is 0.342 bits per heavy atom. The summed E-state index contributed by atoms with van der Waals surface area (Å²) in [4.78, 5) is 62.0. The van der Waals surface area contributed by atoms with Crippen LogP contribution in [0.5, 0.6) is 40.2 Å². The van der Waals surface area contributed by atoms with Crippen molar-refractivity contribution in [3.05, 3.63) is 172 Å². The van der Waals surface area contributed by atoms with E-state index in [2.05, 4.69) is 0 Å². The van der Waals surface area contributed by atoms with E-state index in [1.165, 1.54) is 28.4 Å². The molecule has 79 heavy (non-hydrogen) atoms. The van der Waals surface area contributed by atoms with E-state index in [1.807, 2.05) is 85.8 Å².